The number of para-hydroxylation sites is 1. The second-order valence-electron chi connectivity index (χ2n) is 3.07. The topological polar surface area (TPSA) is 26.3 Å². The highest BCUT2D eigenvalue weighted by Crippen LogP contribution is 2.11. The SMILES string of the molecule is CC.CC.CC.CC.O=C(Oc1ccccc1)c1ccccc1. The monoisotopic (exact) mass is 318 g/mol. The lowest BCUT2D eigenvalue weighted by Gasteiger charge is -2.02. The van der Waals surface area contributed by atoms with Crippen molar-refractivity contribution < 1.29 is 9.53 Å². The minimum absolute atomic E-state index is 0.332. The molecule has 2 rings (SSSR count). The van der Waals surface area contributed by atoms with Crippen molar-refractivity contribution in [2.75, 3.05) is 0 Å². The summed E-state index contributed by atoms with van der Waals surface area (Å²) in [7, 11) is 0. The Morgan fingerprint density at radius 3 is 1.35 bits per heavy atom. The van der Waals surface area contributed by atoms with E-state index < -0.39 is 0 Å². The van der Waals surface area contributed by atoms with Gasteiger partial charge in [-0.25, -0.2) is 4.79 Å². The minimum Gasteiger partial charge on any atom is -0.423 e. The molecule has 0 fully saturated rings. The Hall–Kier alpha value is -2.09. The molecule has 0 amide bonds. The highest BCUT2D eigenvalue weighted by atomic mass is 16.5. The smallest absolute Gasteiger partial charge is 0.343 e. The van der Waals surface area contributed by atoms with Crippen LogP contribution in [0.2, 0.25) is 0 Å². The molecule has 0 unspecified atom stereocenters. The van der Waals surface area contributed by atoms with Gasteiger partial charge in [-0.1, -0.05) is 91.8 Å². The van der Waals surface area contributed by atoms with Crippen LogP contribution in [0.25, 0.3) is 0 Å². The van der Waals surface area contributed by atoms with E-state index in [2.05, 4.69) is 0 Å². The Balaban J connectivity index is -0.000000438. The maximum atomic E-state index is 11.6. The zero-order valence-corrected chi connectivity index (χ0v) is 16.1. The van der Waals surface area contributed by atoms with Gasteiger partial charge in [0.2, 0.25) is 0 Å². The average Bonchev–Trinajstić information content (AvgIpc) is 2.69. The van der Waals surface area contributed by atoms with E-state index in [4.69, 9.17) is 4.74 Å². The van der Waals surface area contributed by atoms with Crippen molar-refractivity contribution in [1.82, 2.24) is 0 Å². The molecular formula is C21H34O2. The second kappa shape index (κ2) is 22.2. The van der Waals surface area contributed by atoms with Gasteiger partial charge in [0, 0.05) is 0 Å². The van der Waals surface area contributed by atoms with Crippen molar-refractivity contribution in [3.8, 4) is 5.75 Å². The molecule has 130 valence electrons. The fourth-order valence-electron chi connectivity index (χ4n) is 1.23. The maximum Gasteiger partial charge on any atom is 0.343 e. The van der Waals surface area contributed by atoms with Gasteiger partial charge in [0.15, 0.2) is 0 Å². The summed E-state index contributed by atoms with van der Waals surface area (Å²) in [6.07, 6.45) is 0. The Labute approximate surface area is 143 Å². The third-order valence-electron chi connectivity index (χ3n) is 1.96. The zero-order chi connectivity index (χ0) is 18.5. The van der Waals surface area contributed by atoms with Crippen LogP contribution in [0, 0.1) is 0 Å². The fraction of sp³-hybridized carbons (Fsp3) is 0.381. The van der Waals surface area contributed by atoms with Gasteiger partial charge in [-0.05, 0) is 24.3 Å². The van der Waals surface area contributed by atoms with Gasteiger partial charge in [-0.2, -0.15) is 0 Å². The molecule has 2 aromatic carbocycles. The third kappa shape index (κ3) is 13.3. The summed E-state index contributed by atoms with van der Waals surface area (Å²) in [4.78, 5) is 11.6. The molecule has 0 aliphatic carbocycles. The van der Waals surface area contributed by atoms with Crippen LogP contribution in [-0.4, -0.2) is 5.97 Å². The number of ether oxygens (including phenoxy) is 1. The van der Waals surface area contributed by atoms with E-state index in [1.165, 1.54) is 0 Å². The van der Waals surface area contributed by atoms with Crippen LogP contribution in [0.5, 0.6) is 5.75 Å². The normalized spacial score (nSPS) is 7.30. The van der Waals surface area contributed by atoms with E-state index in [-0.39, 0.29) is 5.97 Å². The molecule has 0 atom stereocenters. The van der Waals surface area contributed by atoms with E-state index >= 15 is 0 Å². The van der Waals surface area contributed by atoms with Gasteiger partial charge in [0.25, 0.3) is 0 Å². The lowest BCUT2D eigenvalue weighted by Crippen LogP contribution is -2.07. The summed E-state index contributed by atoms with van der Waals surface area (Å²) < 4.78 is 5.16. The first-order valence-corrected chi connectivity index (χ1v) is 8.68. The van der Waals surface area contributed by atoms with E-state index in [0.29, 0.717) is 11.3 Å². The first kappa shape index (κ1) is 25.8. The van der Waals surface area contributed by atoms with Gasteiger partial charge in [0.05, 0.1) is 5.56 Å². The molecule has 0 N–H and O–H groups in total. The van der Waals surface area contributed by atoms with Crippen molar-refractivity contribution in [2.24, 2.45) is 0 Å². The average molecular weight is 319 g/mol. The predicted octanol–water partition coefficient (Wildman–Crippen LogP) is 7.01. The van der Waals surface area contributed by atoms with Crippen LogP contribution in [0.3, 0.4) is 0 Å². The number of benzene rings is 2. The van der Waals surface area contributed by atoms with E-state index in [9.17, 15) is 4.79 Å². The van der Waals surface area contributed by atoms with Crippen LogP contribution in [0.4, 0.5) is 0 Å². The van der Waals surface area contributed by atoms with Crippen molar-refractivity contribution in [3.05, 3.63) is 66.2 Å². The van der Waals surface area contributed by atoms with E-state index in [0.717, 1.165) is 0 Å². The Kier molecular flexibility index (Phi) is 24.9. The van der Waals surface area contributed by atoms with Crippen LogP contribution < -0.4 is 4.74 Å². The molecule has 0 aliphatic heterocycles. The molecule has 2 nitrogen and oxygen atoms in total. The molecule has 0 spiro atoms. The lowest BCUT2D eigenvalue weighted by molar-refractivity contribution is 0.0735. The molecule has 2 heteroatoms. The van der Waals surface area contributed by atoms with E-state index in [1.807, 2.05) is 91.8 Å². The number of hydrogen-bond donors (Lipinski definition) is 0. The molecule has 0 saturated heterocycles. The number of carbonyl (C=O) groups is 1. The third-order valence-corrected chi connectivity index (χ3v) is 1.96. The molecule has 0 aromatic heterocycles. The Bertz CT molecular complexity index is 436. The molecular weight excluding hydrogens is 284 g/mol. The summed E-state index contributed by atoms with van der Waals surface area (Å²) in [5.41, 5.74) is 0.557. The van der Waals surface area contributed by atoms with Gasteiger partial charge in [-0.15, -0.1) is 0 Å². The van der Waals surface area contributed by atoms with Crippen LogP contribution in [0.15, 0.2) is 60.7 Å². The predicted molar refractivity (Wildman–Crippen MR) is 103 cm³/mol. The molecule has 0 radical (unpaired) electrons. The summed E-state index contributed by atoms with van der Waals surface area (Å²) in [6.45, 7) is 16.0. The lowest BCUT2D eigenvalue weighted by atomic mass is 10.2. The molecule has 0 bridgehead atoms. The summed E-state index contributed by atoms with van der Waals surface area (Å²) >= 11 is 0. The standard InChI is InChI=1S/C13H10O2.4C2H6/c14-13(11-7-3-1-4-8-11)15-12-9-5-2-6-10-12;4*1-2/h1-10H;4*1-2H3. The number of rotatable bonds is 2. The van der Waals surface area contributed by atoms with Crippen molar-refractivity contribution in [1.29, 1.82) is 0 Å². The minimum atomic E-state index is -0.332. The van der Waals surface area contributed by atoms with Gasteiger partial charge < -0.3 is 4.74 Å². The van der Waals surface area contributed by atoms with Crippen molar-refractivity contribution in [3.63, 3.8) is 0 Å². The van der Waals surface area contributed by atoms with Crippen molar-refractivity contribution in [2.45, 2.75) is 55.4 Å². The first-order chi connectivity index (χ1) is 11.4. The zero-order valence-electron chi connectivity index (χ0n) is 16.1. The van der Waals surface area contributed by atoms with Crippen LogP contribution >= 0.6 is 0 Å². The van der Waals surface area contributed by atoms with Gasteiger partial charge >= 0.3 is 5.97 Å². The molecule has 23 heavy (non-hydrogen) atoms. The number of carbonyl (C=O) groups excluding carboxylic acids is 1. The van der Waals surface area contributed by atoms with Gasteiger partial charge in [-0.3, -0.25) is 0 Å². The second-order valence-corrected chi connectivity index (χ2v) is 3.07. The summed E-state index contributed by atoms with van der Waals surface area (Å²) in [5, 5.41) is 0. The van der Waals surface area contributed by atoms with Crippen LogP contribution in [0.1, 0.15) is 65.7 Å². The largest absolute Gasteiger partial charge is 0.423 e. The Morgan fingerprint density at radius 1 is 0.609 bits per heavy atom. The van der Waals surface area contributed by atoms with E-state index in [1.54, 1.807) is 24.3 Å². The fourth-order valence-corrected chi connectivity index (χ4v) is 1.23. The molecule has 0 heterocycles. The van der Waals surface area contributed by atoms with Gasteiger partial charge in [0.1, 0.15) is 5.75 Å². The highest BCUT2D eigenvalue weighted by Gasteiger charge is 2.06. The highest BCUT2D eigenvalue weighted by molar-refractivity contribution is 5.90. The maximum absolute atomic E-state index is 11.6. The van der Waals surface area contributed by atoms with Crippen molar-refractivity contribution >= 4 is 5.97 Å². The number of hydrogen-bond acceptors (Lipinski definition) is 2. The Morgan fingerprint density at radius 2 is 0.957 bits per heavy atom. The molecule has 0 saturated carbocycles. The quantitative estimate of drug-likeness (QED) is 0.439. The summed E-state index contributed by atoms with van der Waals surface area (Å²) in [5.74, 6) is 0.230. The molecule has 2 aromatic rings. The summed E-state index contributed by atoms with van der Waals surface area (Å²) in [6, 6.07) is 18.0. The molecule has 0 aliphatic rings. The first-order valence-electron chi connectivity index (χ1n) is 8.68. The van der Waals surface area contributed by atoms with Crippen LogP contribution in [-0.2, 0) is 0 Å². The number of esters is 1.